The number of nitrogens with one attached hydrogen (secondary N) is 1. The summed E-state index contributed by atoms with van der Waals surface area (Å²) in [5, 5.41) is 19.1. The van der Waals surface area contributed by atoms with Crippen molar-refractivity contribution in [3.8, 4) is 0 Å². The maximum Gasteiger partial charge on any atom is 0.230 e. The average Bonchev–Trinajstić information content (AvgIpc) is 3.12. The monoisotopic (exact) mass is 371 g/mol. The van der Waals surface area contributed by atoms with E-state index in [4.69, 9.17) is 4.42 Å². The number of carbonyl (C=O) groups excluding carboxylic acids is 1. The van der Waals surface area contributed by atoms with Crippen LogP contribution >= 0.6 is 34.9 Å². The first-order chi connectivity index (χ1) is 11.2. The summed E-state index contributed by atoms with van der Waals surface area (Å²) in [4.78, 5) is 11.5. The van der Waals surface area contributed by atoms with E-state index in [1.54, 1.807) is 0 Å². The minimum absolute atomic E-state index is 0.0275. The van der Waals surface area contributed by atoms with Gasteiger partial charge in [-0.25, -0.2) is 0 Å². The molecule has 1 saturated carbocycles. The first-order valence-electron chi connectivity index (χ1n) is 7.42. The summed E-state index contributed by atoms with van der Waals surface area (Å²) < 4.78 is 7.24. The predicted octanol–water partition coefficient (Wildman–Crippen LogP) is 2.71. The maximum absolute atomic E-state index is 11.5. The van der Waals surface area contributed by atoms with E-state index in [0.717, 1.165) is 33.8 Å². The summed E-state index contributed by atoms with van der Waals surface area (Å²) in [6, 6.07) is 0. The van der Waals surface area contributed by atoms with Gasteiger partial charge in [0.25, 0.3) is 0 Å². The standard InChI is InChI=1S/C13H17N5O2S3/c1-2-5-14-9(19)6-21-12-17-18-13(23-12)22-7-10-15-16-11(20-10)8-3-4-8/h8H,2-7H2,1H3,(H,14,19). The Bertz CT molecular complexity index is 656. The van der Waals surface area contributed by atoms with Gasteiger partial charge in [-0.3, -0.25) is 4.79 Å². The molecule has 0 saturated heterocycles. The summed E-state index contributed by atoms with van der Waals surface area (Å²) >= 11 is 4.41. The van der Waals surface area contributed by atoms with E-state index in [1.807, 2.05) is 6.92 Å². The van der Waals surface area contributed by atoms with Gasteiger partial charge >= 0.3 is 0 Å². The molecule has 2 heterocycles. The molecular weight excluding hydrogens is 354 g/mol. The summed E-state index contributed by atoms with van der Waals surface area (Å²) in [5.41, 5.74) is 0. The SMILES string of the molecule is CCCNC(=O)CSc1nnc(SCc2nnc(C3CC3)o2)s1. The zero-order chi connectivity index (χ0) is 16.1. The van der Waals surface area contributed by atoms with Crippen LogP contribution < -0.4 is 5.32 Å². The fraction of sp³-hybridized carbons (Fsp3) is 0.615. The third-order valence-corrected chi connectivity index (χ3v) is 6.19. The number of carbonyl (C=O) groups is 1. The second-order valence-electron chi connectivity index (χ2n) is 5.07. The minimum Gasteiger partial charge on any atom is -0.424 e. The number of nitrogens with zero attached hydrogens (tertiary/aromatic N) is 4. The Hall–Kier alpha value is -1.13. The van der Waals surface area contributed by atoms with Crippen molar-refractivity contribution in [3.63, 3.8) is 0 Å². The van der Waals surface area contributed by atoms with Crippen LogP contribution in [0.15, 0.2) is 13.1 Å². The van der Waals surface area contributed by atoms with Gasteiger partial charge in [0, 0.05) is 12.5 Å². The molecule has 0 unspecified atom stereocenters. The third kappa shape index (κ3) is 5.18. The molecule has 0 spiro atoms. The minimum atomic E-state index is 0.0275. The predicted molar refractivity (Wildman–Crippen MR) is 89.8 cm³/mol. The van der Waals surface area contributed by atoms with E-state index in [-0.39, 0.29) is 5.91 Å². The van der Waals surface area contributed by atoms with Gasteiger partial charge in [0.1, 0.15) is 0 Å². The van der Waals surface area contributed by atoms with Gasteiger partial charge in [-0.05, 0) is 19.3 Å². The van der Waals surface area contributed by atoms with Crippen molar-refractivity contribution in [3.05, 3.63) is 11.8 Å². The summed E-state index contributed by atoms with van der Waals surface area (Å²) in [7, 11) is 0. The molecule has 1 fully saturated rings. The van der Waals surface area contributed by atoms with Crippen molar-refractivity contribution in [1.82, 2.24) is 25.7 Å². The molecule has 124 valence electrons. The van der Waals surface area contributed by atoms with E-state index < -0.39 is 0 Å². The molecular formula is C13H17N5O2S3. The van der Waals surface area contributed by atoms with Gasteiger partial charge in [0.15, 0.2) is 8.68 Å². The highest BCUT2D eigenvalue weighted by Gasteiger charge is 2.29. The van der Waals surface area contributed by atoms with Crippen LogP contribution in [0.2, 0.25) is 0 Å². The zero-order valence-electron chi connectivity index (χ0n) is 12.7. The number of hydrogen-bond acceptors (Lipinski definition) is 9. The zero-order valence-corrected chi connectivity index (χ0v) is 15.1. The van der Waals surface area contributed by atoms with Gasteiger partial charge in [-0.2, -0.15) is 0 Å². The van der Waals surface area contributed by atoms with Gasteiger partial charge < -0.3 is 9.73 Å². The first-order valence-corrected chi connectivity index (χ1v) is 10.2. The number of hydrogen-bond donors (Lipinski definition) is 1. The van der Waals surface area contributed by atoms with Crippen molar-refractivity contribution in [1.29, 1.82) is 0 Å². The van der Waals surface area contributed by atoms with Crippen LogP contribution in [0.1, 0.15) is 43.9 Å². The normalized spacial score (nSPS) is 14.1. The van der Waals surface area contributed by atoms with Crippen LogP contribution in [0.5, 0.6) is 0 Å². The van der Waals surface area contributed by atoms with Crippen molar-refractivity contribution in [2.45, 2.75) is 46.5 Å². The molecule has 1 aliphatic carbocycles. The van der Waals surface area contributed by atoms with E-state index in [1.165, 1.54) is 34.9 Å². The summed E-state index contributed by atoms with van der Waals surface area (Å²) in [6.07, 6.45) is 3.24. The second-order valence-corrected chi connectivity index (χ2v) is 8.49. The Kier molecular flexibility index (Phi) is 5.90. The highest BCUT2D eigenvalue weighted by atomic mass is 32.2. The van der Waals surface area contributed by atoms with Crippen LogP contribution in [-0.4, -0.2) is 38.6 Å². The highest BCUT2D eigenvalue weighted by molar-refractivity contribution is 8.03. The molecule has 0 aliphatic heterocycles. The van der Waals surface area contributed by atoms with E-state index in [0.29, 0.717) is 29.9 Å². The van der Waals surface area contributed by atoms with Gasteiger partial charge in [-0.15, -0.1) is 20.4 Å². The Morgan fingerprint density at radius 2 is 2.04 bits per heavy atom. The molecule has 7 nitrogen and oxygen atoms in total. The van der Waals surface area contributed by atoms with Crippen molar-refractivity contribution >= 4 is 40.8 Å². The Balaban J connectivity index is 1.42. The van der Waals surface area contributed by atoms with Crippen LogP contribution in [0.3, 0.4) is 0 Å². The molecule has 1 amide bonds. The van der Waals surface area contributed by atoms with Crippen LogP contribution in [0.4, 0.5) is 0 Å². The number of rotatable bonds is 9. The molecule has 1 aliphatic rings. The van der Waals surface area contributed by atoms with E-state index >= 15 is 0 Å². The molecule has 23 heavy (non-hydrogen) atoms. The molecule has 1 N–H and O–H groups in total. The molecule has 10 heteroatoms. The average molecular weight is 372 g/mol. The lowest BCUT2D eigenvalue weighted by Gasteiger charge is -2.00. The van der Waals surface area contributed by atoms with Crippen molar-refractivity contribution in [2.75, 3.05) is 12.3 Å². The topological polar surface area (TPSA) is 93.8 Å². The molecule has 3 rings (SSSR count). The van der Waals surface area contributed by atoms with Crippen molar-refractivity contribution in [2.24, 2.45) is 0 Å². The second kappa shape index (κ2) is 8.11. The van der Waals surface area contributed by atoms with Gasteiger partial charge in [-0.1, -0.05) is 41.8 Å². The maximum atomic E-state index is 11.5. The van der Waals surface area contributed by atoms with E-state index in [9.17, 15) is 4.79 Å². The molecule has 2 aromatic heterocycles. The Morgan fingerprint density at radius 3 is 2.78 bits per heavy atom. The highest BCUT2D eigenvalue weighted by Crippen LogP contribution is 2.39. The number of amides is 1. The van der Waals surface area contributed by atoms with Gasteiger partial charge in [0.05, 0.1) is 11.5 Å². The van der Waals surface area contributed by atoms with E-state index in [2.05, 4.69) is 25.7 Å². The van der Waals surface area contributed by atoms with Crippen LogP contribution in [-0.2, 0) is 10.5 Å². The van der Waals surface area contributed by atoms with Gasteiger partial charge in [0.2, 0.25) is 17.7 Å². The number of aromatic nitrogens is 4. The molecule has 0 aromatic carbocycles. The summed E-state index contributed by atoms with van der Waals surface area (Å²) in [5.74, 6) is 2.85. The fourth-order valence-corrected chi connectivity index (χ4v) is 4.39. The molecule has 0 bridgehead atoms. The third-order valence-electron chi connectivity index (χ3n) is 3.02. The number of thioether (sulfide) groups is 2. The quantitative estimate of drug-likeness (QED) is 0.673. The first kappa shape index (κ1) is 16.7. The van der Waals surface area contributed by atoms with Crippen LogP contribution in [0, 0.1) is 0 Å². The summed E-state index contributed by atoms with van der Waals surface area (Å²) in [6.45, 7) is 2.74. The fourth-order valence-electron chi connectivity index (χ4n) is 1.70. The Morgan fingerprint density at radius 1 is 1.26 bits per heavy atom. The largest absolute Gasteiger partial charge is 0.424 e. The Labute approximate surface area is 146 Å². The lowest BCUT2D eigenvalue weighted by Crippen LogP contribution is -2.25. The molecule has 0 atom stereocenters. The van der Waals surface area contributed by atoms with Crippen LogP contribution in [0.25, 0.3) is 0 Å². The molecule has 2 aromatic rings. The van der Waals surface area contributed by atoms with Crippen molar-refractivity contribution < 1.29 is 9.21 Å². The lowest BCUT2D eigenvalue weighted by atomic mass is 10.4. The smallest absolute Gasteiger partial charge is 0.230 e. The molecule has 0 radical (unpaired) electrons. The lowest BCUT2D eigenvalue weighted by molar-refractivity contribution is -0.118.